The first-order valence-corrected chi connectivity index (χ1v) is 6.06. The number of aryl methyl sites for hydroxylation is 1. The zero-order chi connectivity index (χ0) is 10.8. The van der Waals surface area contributed by atoms with Crippen molar-refractivity contribution in [2.45, 2.75) is 33.6 Å². The van der Waals surface area contributed by atoms with E-state index in [2.05, 4.69) is 44.3 Å². The molecule has 1 N–H and O–H groups in total. The number of hydrogen-bond acceptors (Lipinski definition) is 1. The van der Waals surface area contributed by atoms with E-state index in [9.17, 15) is 0 Å². The van der Waals surface area contributed by atoms with Gasteiger partial charge in [0, 0.05) is 12.2 Å². The Morgan fingerprint density at radius 3 is 2.87 bits per heavy atom. The third-order valence-electron chi connectivity index (χ3n) is 3.56. The smallest absolute Gasteiger partial charge is 0.0373 e. The van der Waals surface area contributed by atoms with Crippen LogP contribution in [0.25, 0.3) is 0 Å². The highest BCUT2D eigenvalue weighted by Gasteiger charge is 2.20. The summed E-state index contributed by atoms with van der Waals surface area (Å²) >= 11 is 0. The molecular weight excluding hydrogens is 182 g/mol. The third kappa shape index (κ3) is 2.17. The topological polar surface area (TPSA) is 12.0 Å². The highest BCUT2D eigenvalue weighted by Crippen LogP contribution is 2.29. The molecular formula is C14H21N. The van der Waals surface area contributed by atoms with Crippen LogP contribution in [0.15, 0.2) is 18.2 Å². The molecule has 1 heterocycles. The largest absolute Gasteiger partial charge is 0.385 e. The van der Waals surface area contributed by atoms with Crippen LogP contribution in [0.1, 0.15) is 31.9 Å². The highest BCUT2D eigenvalue weighted by molar-refractivity contribution is 5.54. The fourth-order valence-corrected chi connectivity index (χ4v) is 2.28. The summed E-state index contributed by atoms with van der Waals surface area (Å²) in [4.78, 5) is 0. The van der Waals surface area contributed by atoms with Gasteiger partial charge in [-0.05, 0) is 41.9 Å². The van der Waals surface area contributed by atoms with Crippen molar-refractivity contribution in [1.29, 1.82) is 0 Å². The van der Waals surface area contributed by atoms with Crippen molar-refractivity contribution in [3.8, 4) is 0 Å². The lowest BCUT2D eigenvalue weighted by molar-refractivity contribution is 0.393. The van der Waals surface area contributed by atoms with Crippen LogP contribution in [0.3, 0.4) is 0 Å². The summed E-state index contributed by atoms with van der Waals surface area (Å²) in [6, 6.07) is 6.85. The predicted octanol–water partition coefficient (Wildman–Crippen LogP) is 3.49. The van der Waals surface area contributed by atoms with Crippen molar-refractivity contribution in [3.05, 3.63) is 29.3 Å². The number of nitrogens with one attached hydrogen (secondary N) is 1. The van der Waals surface area contributed by atoms with Crippen molar-refractivity contribution in [3.63, 3.8) is 0 Å². The van der Waals surface area contributed by atoms with Gasteiger partial charge in [0.2, 0.25) is 0 Å². The fourth-order valence-electron chi connectivity index (χ4n) is 2.28. The zero-order valence-corrected chi connectivity index (χ0v) is 10.0. The molecule has 0 amide bonds. The molecule has 1 aromatic rings. The van der Waals surface area contributed by atoms with Crippen molar-refractivity contribution < 1.29 is 0 Å². The van der Waals surface area contributed by atoms with Gasteiger partial charge < -0.3 is 5.32 Å². The maximum absolute atomic E-state index is 3.55. The van der Waals surface area contributed by atoms with Gasteiger partial charge in [-0.25, -0.2) is 0 Å². The lowest BCUT2D eigenvalue weighted by Gasteiger charge is -2.29. The first kappa shape index (κ1) is 10.5. The molecule has 1 aromatic carbocycles. The van der Waals surface area contributed by atoms with Crippen LogP contribution in [-0.2, 0) is 12.8 Å². The van der Waals surface area contributed by atoms with E-state index >= 15 is 0 Å². The minimum Gasteiger partial charge on any atom is -0.385 e. The third-order valence-corrected chi connectivity index (χ3v) is 3.56. The van der Waals surface area contributed by atoms with E-state index in [1.165, 1.54) is 23.2 Å². The monoisotopic (exact) mass is 203 g/mol. The molecule has 0 aromatic heterocycles. The Hall–Kier alpha value is -0.980. The van der Waals surface area contributed by atoms with E-state index in [4.69, 9.17) is 0 Å². The normalized spacial score (nSPS) is 19.9. The Labute approximate surface area is 92.9 Å². The summed E-state index contributed by atoms with van der Waals surface area (Å²) in [7, 11) is 0. The maximum Gasteiger partial charge on any atom is 0.0373 e. The molecule has 15 heavy (non-hydrogen) atoms. The fraction of sp³-hybridized carbons (Fsp3) is 0.571. The SMILES string of the molecule is CCc1ccc2c(c1)CC(C(C)C)CN2. The molecule has 82 valence electrons. The number of hydrogen-bond donors (Lipinski definition) is 1. The second kappa shape index (κ2) is 4.26. The Balaban J connectivity index is 2.23. The number of rotatable bonds is 2. The second-order valence-corrected chi connectivity index (χ2v) is 4.93. The standard InChI is InChI=1S/C14H21N/c1-4-11-5-6-14-12(7-11)8-13(9-15-14)10(2)3/h5-7,10,13,15H,4,8-9H2,1-3H3. The molecule has 1 unspecified atom stereocenters. The number of fused-ring (bicyclic) bond motifs is 1. The van der Waals surface area contributed by atoms with Crippen LogP contribution < -0.4 is 5.32 Å². The lowest BCUT2D eigenvalue weighted by atomic mass is 9.85. The molecule has 0 fully saturated rings. The molecule has 0 bridgehead atoms. The zero-order valence-electron chi connectivity index (χ0n) is 10.0. The molecule has 2 rings (SSSR count). The number of anilines is 1. The van der Waals surface area contributed by atoms with Crippen LogP contribution in [0.5, 0.6) is 0 Å². The van der Waals surface area contributed by atoms with Crippen molar-refractivity contribution >= 4 is 5.69 Å². The summed E-state index contributed by atoms with van der Waals surface area (Å²) in [5.41, 5.74) is 4.32. The van der Waals surface area contributed by atoms with Crippen LogP contribution in [0.2, 0.25) is 0 Å². The summed E-state index contributed by atoms with van der Waals surface area (Å²) < 4.78 is 0. The van der Waals surface area contributed by atoms with Gasteiger partial charge in [-0.2, -0.15) is 0 Å². The Bertz CT molecular complexity index is 341. The van der Waals surface area contributed by atoms with E-state index in [1.54, 1.807) is 0 Å². The van der Waals surface area contributed by atoms with Gasteiger partial charge in [0.1, 0.15) is 0 Å². The maximum atomic E-state index is 3.55. The first-order valence-electron chi connectivity index (χ1n) is 6.06. The van der Waals surface area contributed by atoms with Gasteiger partial charge in [0.15, 0.2) is 0 Å². The lowest BCUT2D eigenvalue weighted by Crippen LogP contribution is -2.27. The van der Waals surface area contributed by atoms with E-state index in [1.807, 2.05) is 0 Å². The van der Waals surface area contributed by atoms with Gasteiger partial charge >= 0.3 is 0 Å². The van der Waals surface area contributed by atoms with Gasteiger partial charge in [-0.1, -0.05) is 32.9 Å². The van der Waals surface area contributed by atoms with Gasteiger partial charge in [-0.3, -0.25) is 0 Å². The van der Waals surface area contributed by atoms with Crippen LogP contribution in [0.4, 0.5) is 5.69 Å². The van der Waals surface area contributed by atoms with Crippen molar-refractivity contribution in [2.75, 3.05) is 11.9 Å². The average Bonchev–Trinajstić information content (AvgIpc) is 2.27. The van der Waals surface area contributed by atoms with Gasteiger partial charge in [0.25, 0.3) is 0 Å². The molecule has 1 aliphatic heterocycles. The molecule has 1 atom stereocenters. The highest BCUT2D eigenvalue weighted by atomic mass is 14.9. The summed E-state index contributed by atoms with van der Waals surface area (Å²) in [6.45, 7) is 8.00. The minimum atomic E-state index is 0.774. The molecule has 1 nitrogen and oxygen atoms in total. The summed E-state index contributed by atoms with van der Waals surface area (Å²) in [5.74, 6) is 1.57. The molecule has 1 heteroatoms. The summed E-state index contributed by atoms with van der Waals surface area (Å²) in [6.07, 6.45) is 2.38. The second-order valence-electron chi connectivity index (χ2n) is 4.93. The molecule has 0 saturated carbocycles. The molecule has 0 spiro atoms. The van der Waals surface area contributed by atoms with Gasteiger partial charge in [-0.15, -0.1) is 0 Å². The molecule has 0 radical (unpaired) electrons. The minimum absolute atomic E-state index is 0.774. The predicted molar refractivity (Wildman–Crippen MR) is 66.3 cm³/mol. The van der Waals surface area contributed by atoms with E-state index < -0.39 is 0 Å². The van der Waals surface area contributed by atoms with Crippen molar-refractivity contribution in [1.82, 2.24) is 0 Å². The van der Waals surface area contributed by atoms with E-state index in [0.717, 1.165) is 24.8 Å². The van der Waals surface area contributed by atoms with Crippen molar-refractivity contribution in [2.24, 2.45) is 11.8 Å². The van der Waals surface area contributed by atoms with Crippen LogP contribution >= 0.6 is 0 Å². The van der Waals surface area contributed by atoms with Crippen LogP contribution in [0, 0.1) is 11.8 Å². The Morgan fingerprint density at radius 1 is 1.40 bits per heavy atom. The van der Waals surface area contributed by atoms with Crippen LogP contribution in [-0.4, -0.2) is 6.54 Å². The number of benzene rings is 1. The van der Waals surface area contributed by atoms with E-state index in [0.29, 0.717) is 0 Å². The first-order chi connectivity index (χ1) is 7.20. The molecule has 1 aliphatic rings. The molecule has 0 aliphatic carbocycles. The Kier molecular flexibility index (Phi) is 2.99. The quantitative estimate of drug-likeness (QED) is 0.776. The van der Waals surface area contributed by atoms with Gasteiger partial charge in [0.05, 0.1) is 0 Å². The molecule has 0 saturated heterocycles. The average molecular weight is 203 g/mol. The Morgan fingerprint density at radius 2 is 2.20 bits per heavy atom. The summed E-state index contributed by atoms with van der Waals surface area (Å²) in [5, 5.41) is 3.55. The van der Waals surface area contributed by atoms with E-state index in [-0.39, 0.29) is 0 Å².